The fraction of sp³-hybridized carbons (Fsp3) is 0.308. The normalized spacial score (nSPS) is 17.9. The number of nitrogens with one attached hydrogen (secondary N) is 2. The van der Waals surface area contributed by atoms with E-state index in [1.165, 1.54) is 18.2 Å². The highest BCUT2D eigenvalue weighted by Gasteiger charge is 2.22. The summed E-state index contributed by atoms with van der Waals surface area (Å²) in [5.41, 5.74) is 0.294. The lowest BCUT2D eigenvalue weighted by Gasteiger charge is -2.03. The van der Waals surface area contributed by atoms with Gasteiger partial charge in [0, 0.05) is 5.56 Å². The van der Waals surface area contributed by atoms with Crippen LogP contribution in [0.4, 0.5) is 10.4 Å². The highest BCUT2D eigenvalue weighted by atomic mass is 79.9. The van der Waals surface area contributed by atoms with Gasteiger partial charge >= 0.3 is 6.01 Å². The lowest BCUT2D eigenvalue weighted by atomic mass is 10.2. The Bertz CT molecular complexity index is 670. The molecule has 1 aliphatic rings. The van der Waals surface area contributed by atoms with E-state index < -0.39 is 11.7 Å². The monoisotopic (exact) mass is 354 g/mol. The number of carbonyl (C=O) groups is 1. The van der Waals surface area contributed by atoms with Crippen molar-refractivity contribution in [1.29, 1.82) is 0 Å². The molecular formula is C13H12BrFN4O2. The third-order valence-corrected chi connectivity index (χ3v) is 3.81. The van der Waals surface area contributed by atoms with Gasteiger partial charge in [0.15, 0.2) is 0 Å². The number of nitrogens with zero attached hydrogens (tertiary/aromatic N) is 2. The predicted molar refractivity (Wildman–Crippen MR) is 76.3 cm³/mol. The summed E-state index contributed by atoms with van der Waals surface area (Å²) in [6.45, 7) is 0.915. The van der Waals surface area contributed by atoms with Gasteiger partial charge < -0.3 is 9.73 Å². The van der Waals surface area contributed by atoms with Crippen molar-refractivity contribution in [2.45, 2.75) is 18.9 Å². The SMILES string of the molecule is O=C(Nc1nnc(C2CCCN2)o1)c1ccc(F)c(Br)c1. The van der Waals surface area contributed by atoms with Crippen molar-refractivity contribution >= 4 is 27.9 Å². The van der Waals surface area contributed by atoms with Crippen molar-refractivity contribution in [3.05, 3.63) is 39.9 Å². The Hall–Kier alpha value is -1.80. The lowest BCUT2D eigenvalue weighted by molar-refractivity contribution is 0.102. The largest absolute Gasteiger partial charge is 0.406 e. The van der Waals surface area contributed by atoms with E-state index in [9.17, 15) is 9.18 Å². The summed E-state index contributed by atoms with van der Waals surface area (Å²) >= 11 is 3.03. The fourth-order valence-electron chi connectivity index (χ4n) is 2.13. The van der Waals surface area contributed by atoms with Gasteiger partial charge in [-0.15, -0.1) is 5.10 Å². The van der Waals surface area contributed by atoms with Crippen LogP contribution >= 0.6 is 15.9 Å². The van der Waals surface area contributed by atoms with Crippen molar-refractivity contribution in [3.8, 4) is 0 Å². The van der Waals surface area contributed by atoms with E-state index in [-0.39, 0.29) is 16.5 Å². The second-order valence-corrected chi connectivity index (χ2v) is 5.53. The van der Waals surface area contributed by atoms with Gasteiger partial charge in [-0.05, 0) is 53.5 Å². The van der Waals surface area contributed by atoms with E-state index in [0.717, 1.165) is 19.4 Å². The first-order valence-corrected chi connectivity index (χ1v) is 7.26. The summed E-state index contributed by atoms with van der Waals surface area (Å²) in [5, 5.41) is 13.4. The number of anilines is 1. The molecule has 0 aliphatic carbocycles. The molecule has 1 aliphatic heterocycles. The second-order valence-electron chi connectivity index (χ2n) is 4.68. The van der Waals surface area contributed by atoms with Gasteiger partial charge in [-0.3, -0.25) is 10.1 Å². The molecule has 1 fully saturated rings. The van der Waals surface area contributed by atoms with Crippen LogP contribution in [0.1, 0.15) is 35.1 Å². The van der Waals surface area contributed by atoms with E-state index in [1.54, 1.807) is 0 Å². The van der Waals surface area contributed by atoms with E-state index >= 15 is 0 Å². The van der Waals surface area contributed by atoms with Crippen LogP contribution < -0.4 is 10.6 Å². The third kappa shape index (κ3) is 3.11. The zero-order chi connectivity index (χ0) is 14.8. The fourth-order valence-corrected chi connectivity index (χ4v) is 2.51. The van der Waals surface area contributed by atoms with Crippen LogP contribution in [0.25, 0.3) is 0 Å². The Kier molecular flexibility index (Phi) is 3.98. The summed E-state index contributed by atoms with van der Waals surface area (Å²) in [5.74, 6) is -0.410. The van der Waals surface area contributed by atoms with E-state index in [0.29, 0.717) is 11.5 Å². The minimum Gasteiger partial charge on any atom is -0.406 e. The minimum atomic E-state index is -0.440. The maximum Gasteiger partial charge on any atom is 0.322 e. The average molecular weight is 355 g/mol. The van der Waals surface area contributed by atoms with Crippen molar-refractivity contribution < 1.29 is 13.6 Å². The Labute approximate surface area is 128 Å². The first kappa shape index (κ1) is 14.2. The Morgan fingerprint density at radius 1 is 1.48 bits per heavy atom. The summed E-state index contributed by atoms with van der Waals surface area (Å²) in [6, 6.07) is 4.05. The van der Waals surface area contributed by atoms with Crippen molar-refractivity contribution in [2.24, 2.45) is 0 Å². The number of benzene rings is 1. The molecule has 2 heterocycles. The van der Waals surface area contributed by atoms with E-state index in [2.05, 4.69) is 36.8 Å². The molecule has 0 radical (unpaired) electrons. The van der Waals surface area contributed by atoms with Gasteiger partial charge in [-0.25, -0.2) is 4.39 Å². The maximum absolute atomic E-state index is 13.1. The number of aromatic nitrogens is 2. The molecule has 0 bridgehead atoms. The number of rotatable bonds is 3. The maximum atomic E-state index is 13.1. The number of hydrogen-bond donors (Lipinski definition) is 2. The molecule has 21 heavy (non-hydrogen) atoms. The molecule has 1 atom stereocenters. The smallest absolute Gasteiger partial charge is 0.322 e. The molecule has 2 aromatic rings. The van der Waals surface area contributed by atoms with Gasteiger partial charge in [0.1, 0.15) is 5.82 Å². The standard InChI is InChI=1S/C13H12BrFN4O2/c14-8-6-7(3-4-9(8)15)11(20)17-13-19-18-12(21-13)10-2-1-5-16-10/h3-4,6,10,16H,1-2,5H2,(H,17,19,20). The van der Waals surface area contributed by atoms with Gasteiger partial charge in [0.25, 0.3) is 5.91 Å². The van der Waals surface area contributed by atoms with Crippen LogP contribution in [-0.2, 0) is 0 Å². The third-order valence-electron chi connectivity index (χ3n) is 3.20. The van der Waals surface area contributed by atoms with Crippen LogP contribution in [0.2, 0.25) is 0 Å². The van der Waals surface area contributed by atoms with Crippen LogP contribution in [0.15, 0.2) is 27.1 Å². The molecule has 6 nitrogen and oxygen atoms in total. The van der Waals surface area contributed by atoms with Crippen LogP contribution in [0, 0.1) is 5.82 Å². The molecule has 1 saturated heterocycles. The summed E-state index contributed by atoms with van der Waals surface area (Å²) in [7, 11) is 0. The minimum absolute atomic E-state index is 0.0316. The van der Waals surface area contributed by atoms with Gasteiger partial charge in [-0.1, -0.05) is 5.10 Å². The van der Waals surface area contributed by atoms with E-state index in [4.69, 9.17) is 4.42 Å². The lowest BCUT2D eigenvalue weighted by Crippen LogP contribution is -2.13. The zero-order valence-corrected chi connectivity index (χ0v) is 12.5. The summed E-state index contributed by atoms with van der Waals surface area (Å²) in [6.07, 6.45) is 1.98. The highest BCUT2D eigenvalue weighted by Crippen LogP contribution is 2.23. The summed E-state index contributed by atoms with van der Waals surface area (Å²) in [4.78, 5) is 12.0. The zero-order valence-electron chi connectivity index (χ0n) is 10.9. The molecule has 1 aromatic heterocycles. The molecule has 1 amide bonds. The molecule has 0 spiro atoms. The molecule has 2 N–H and O–H groups in total. The number of amides is 1. The Morgan fingerprint density at radius 2 is 2.33 bits per heavy atom. The van der Waals surface area contributed by atoms with Crippen LogP contribution in [0.3, 0.4) is 0 Å². The molecule has 1 unspecified atom stereocenters. The van der Waals surface area contributed by atoms with Gasteiger partial charge in [0.05, 0.1) is 10.5 Å². The average Bonchev–Trinajstić information content (AvgIpc) is 3.12. The number of hydrogen-bond acceptors (Lipinski definition) is 5. The molecule has 0 saturated carbocycles. The van der Waals surface area contributed by atoms with Crippen molar-refractivity contribution in [1.82, 2.24) is 15.5 Å². The van der Waals surface area contributed by atoms with Gasteiger partial charge in [-0.2, -0.15) is 0 Å². The van der Waals surface area contributed by atoms with Crippen LogP contribution in [-0.4, -0.2) is 22.6 Å². The summed E-state index contributed by atoms with van der Waals surface area (Å²) < 4.78 is 18.8. The molecule has 110 valence electrons. The highest BCUT2D eigenvalue weighted by molar-refractivity contribution is 9.10. The predicted octanol–water partition coefficient (Wildman–Crippen LogP) is 2.65. The first-order chi connectivity index (χ1) is 10.1. The first-order valence-electron chi connectivity index (χ1n) is 6.46. The van der Waals surface area contributed by atoms with Crippen molar-refractivity contribution in [3.63, 3.8) is 0 Å². The van der Waals surface area contributed by atoms with Gasteiger partial charge in [0.2, 0.25) is 5.89 Å². The molecule has 1 aromatic carbocycles. The molecule has 3 rings (SSSR count). The second kappa shape index (κ2) is 5.90. The van der Waals surface area contributed by atoms with Crippen LogP contribution in [0.5, 0.6) is 0 Å². The molecule has 8 heteroatoms. The number of halogens is 2. The Morgan fingerprint density at radius 3 is 3.05 bits per heavy atom. The Balaban J connectivity index is 1.70. The van der Waals surface area contributed by atoms with Crippen molar-refractivity contribution in [2.75, 3.05) is 11.9 Å². The molecular weight excluding hydrogens is 343 g/mol. The van der Waals surface area contributed by atoms with E-state index in [1.807, 2.05) is 0 Å². The number of carbonyl (C=O) groups excluding carboxylic acids is 1. The quantitative estimate of drug-likeness (QED) is 0.885. The topological polar surface area (TPSA) is 80.0 Å².